The first-order valence-corrected chi connectivity index (χ1v) is 8.37. The van der Waals surface area contributed by atoms with Gasteiger partial charge in [0, 0.05) is 11.8 Å². The molecule has 2 rings (SSSR count). The molecule has 0 unspecified atom stereocenters. The van der Waals surface area contributed by atoms with Crippen LogP contribution in [-0.2, 0) is 6.18 Å². The van der Waals surface area contributed by atoms with Gasteiger partial charge >= 0.3 is 6.18 Å². The average Bonchev–Trinajstić information content (AvgIpc) is 2.45. The van der Waals surface area contributed by atoms with Gasteiger partial charge in [-0.1, -0.05) is 26.2 Å². The number of hydrogen-bond acceptors (Lipinski definition) is 3. The maximum absolute atomic E-state index is 13.0. The molecule has 6 heteroatoms. The van der Waals surface area contributed by atoms with Gasteiger partial charge in [-0.2, -0.15) is 13.2 Å². The van der Waals surface area contributed by atoms with Crippen LogP contribution in [0.1, 0.15) is 51.0 Å². The lowest BCUT2D eigenvalue weighted by Crippen LogP contribution is -2.11. The van der Waals surface area contributed by atoms with E-state index in [1.165, 1.54) is 24.2 Å². The van der Waals surface area contributed by atoms with Crippen LogP contribution < -0.4 is 5.32 Å². The van der Waals surface area contributed by atoms with Gasteiger partial charge in [0.25, 0.3) is 0 Å². The zero-order valence-corrected chi connectivity index (χ0v) is 13.0. The average molecular weight is 318 g/mol. The zero-order valence-electron chi connectivity index (χ0n) is 12.2. The number of thioether (sulfide) groups is 1. The SMILES string of the molecule is CCCNc1cc(C(F)(F)F)cc(SC2CCCCC2)n1. The maximum atomic E-state index is 13.0. The Balaban J connectivity index is 2.17. The van der Waals surface area contributed by atoms with Crippen LogP contribution in [0.4, 0.5) is 19.0 Å². The molecular weight excluding hydrogens is 297 g/mol. The molecular formula is C15H21F3N2S. The molecule has 1 aromatic heterocycles. The molecule has 2 nitrogen and oxygen atoms in total. The fourth-order valence-electron chi connectivity index (χ4n) is 2.43. The molecule has 1 aliphatic carbocycles. The molecule has 1 saturated carbocycles. The number of pyridine rings is 1. The van der Waals surface area contributed by atoms with Crippen LogP contribution in [0.15, 0.2) is 17.2 Å². The van der Waals surface area contributed by atoms with Gasteiger partial charge in [0.2, 0.25) is 0 Å². The summed E-state index contributed by atoms with van der Waals surface area (Å²) < 4.78 is 39.0. The third-order valence-electron chi connectivity index (χ3n) is 3.52. The van der Waals surface area contributed by atoms with Crippen LogP contribution in [0.2, 0.25) is 0 Å². The van der Waals surface area contributed by atoms with E-state index in [1.54, 1.807) is 0 Å². The minimum Gasteiger partial charge on any atom is -0.370 e. The molecule has 0 spiro atoms. The summed E-state index contributed by atoms with van der Waals surface area (Å²) in [5.74, 6) is 0.324. The second-order valence-corrected chi connectivity index (χ2v) is 6.70. The maximum Gasteiger partial charge on any atom is 0.416 e. The van der Waals surface area contributed by atoms with E-state index in [1.807, 2.05) is 6.92 Å². The first-order chi connectivity index (χ1) is 9.99. The Morgan fingerprint density at radius 1 is 1.24 bits per heavy atom. The van der Waals surface area contributed by atoms with Crippen molar-refractivity contribution in [2.75, 3.05) is 11.9 Å². The highest BCUT2D eigenvalue weighted by Crippen LogP contribution is 2.37. The summed E-state index contributed by atoms with van der Waals surface area (Å²) in [6, 6.07) is 2.27. The number of nitrogens with zero attached hydrogens (tertiary/aromatic N) is 1. The Labute approximate surface area is 127 Å². The van der Waals surface area contributed by atoms with Crippen LogP contribution in [0.3, 0.4) is 0 Å². The fraction of sp³-hybridized carbons (Fsp3) is 0.667. The van der Waals surface area contributed by atoms with Crippen LogP contribution in [0.25, 0.3) is 0 Å². The number of alkyl halides is 3. The highest BCUT2D eigenvalue weighted by molar-refractivity contribution is 7.99. The van der Waals surface area contributed by atoms with Crippen LogP contribution in [0.5, 0.6) is 0 Å². The monoisotopic (exact) mass is 318 g/mol. The van der Waals surface area contributed by atoms with Gasteiger partial charge in [-0.15, -0.1) is 11.8 Å². The lowest BCUT2D eigenvalue weighted by Gasteiger charge is -2.21. The highest BCUT2D eigenvalue weighted by atomic mass is 32.2. The lowest BCUT2D eigenvalue weighted by molar-refractivity contribution is -0.137. The molecule has 1 heterocycles. The summed E-state index contributed by atoms with van der Waals surface area (Å²) in [5.41, 5.74) is -0.616. The topological polar surface area (TPSA) is 24.9 Å². The standard InChI is InChI=1S/C15H21F3N2S/c1-2-8-19-13-9-11(15(16,17)18)10-14(20-13)21-12-6-4-3-5-7-12/h9-10,12H,2-8H2,1H3,(H,19,20). The number of rotatable bonds is 5. The van der Waals surface area contributed by atoms with E-state index in [4.69, 9.17) is 0 Å². The lowest BCUT2D eigenvalue weighted by atomic mass is 10.0. The van der Waals surface area contributed by atoms with Crippen LogP contribution >= 0.6 is 11.8 Å². The van der Waals surface area contributed by atoms with Gasteiger partial charge < -0.3 is 5.32 Å². The summed E-state index contributed by atoms with van der Waals surface area (Å²) in [6.45, 7) is 2.60. The summed E-state index contributed by atoms with van der Waals surface area (Å²) in [6.07, 6.45) is 2.22. The number of halogens is 3. The van der Waals surface area contributed by atoms with Crippen molar-refractivity contribution >= 4 is 17.6 Å². The van der Waals surface area contributed by atoms with Gasteiger partial charge in [-0.05, 0) is 31.4 Å². The van der Waals surface area contributed by atoms with Crippen LogP contribution in [-0.4, -0.2) is 16.8 Å². The molecule has 1 aliphatic rings. The molecule has 21 heavy (non-hydrogen) atoms. The third-order valence-corrected chi connectivity index (χ3v) is 4.78. The Bertz CT molecular complexity index is 457. The van der Waals surface area contributed by atoms with Gasteiger partial charge in [-0.3, -0.25) is 0 Å². The minimum absolute atomic E-state index is 0.324. The Morgan fingerprint density at radius 2 is 1.95 bits per heavy atom. The summed E-state index contributed by atoms with van der Waals surface area (Å²) in [7, 11) is 0. The summed E-state index contributed by atoms with van der Waals surface area (Å²) in [4.78, 5) is 4.33. The van der Waals surface area contributed by atoms with E-state index in [0.717, 1.165) is 38.2 Å². The van der Waals surface area contributed by atoms with Crippen molar-refractivity contribution in [2.24, 2.45) is 0 Å². The molecule has 1 fully saturated rings. The highest BCUT2D eigenvalue weighted by Gasteiger charge is 2.32. The van der Waals surface area contributed by atoms with Crippen LogP contribution in [0, 0.1) is 0 Å². The second kappa shape index (κ2) is 7.38. The molecule has 0 saturated heterocycles. The van der Waals surface area contributed by atoms with Gasteiger partial charge in [0.05, 0.1) is 10.6 Å². The van der Waals surface area contributed by atoms with Gasteiger partial charge in [0.1, 0.15) is 5.82 Å². The largest absolute Gasteiger partial charge is 0.416 e. The summed E-state index contributed by atoms with van der Waals surface area (Å²) >= 11 is 1.49. The number of hydrogen-bond donors (Lipinski definition) is 1. The van der Waals surface area contributed by atoms with Crippen molar-refractivity contribution in [1.82, 2.24) is 4.98 Å². The van der Waals surface area contributed by atoms with Crippen molar-refractivity contribution in [2.45, 2.75) is 61.9 Å². The second-order valence-electron chi connectivity index (χ2n) is 5.38. The molecule has 0 atom stereocenters. The predicted octanol–water partition coefficient (Wildman–Crippen LogP) is 5.35. The Morgan fingerprint density at radius 3 is 2.57 bits per heavy atom. The molecule has 0 aliphatic heterocycles. The first-order valence-electron chi connectivity index (χ1n) is 7.49. The van der Waals surface area contributed by atoms with E-state index in [0.29, 0.717) is 22.6 Å². The molecule has 0 aromatic carbocycles. The Hall–Kier alpha value is -0.910. The summed E-state index contributed by atoms with van der Waals surface area (Å²) in [5, 5.41) is 3.84. The molecule has 0 amide bonds. The van der Waals surface area contributed by atoms with E-state index in [-0.39, 0.29) is 0 Å². The molecule has 0 radical (unpaired) electrons. The first kappa shape index (κ1) is 16.5. The fourth-order valence-corrected chi connectivity index (χ4v) is 3.68. The van der Waals surface area contributed by atoms with E-state index in [2.05, 4.69) is 10.3 Å². The molecule has 1 aromatic rings. The van der Waals surface area contributed by atoms with Crippen molar-refractivity contribution in [3.63, 3.8) is 0 Å². The smallest absolute Gasteiger partial charge is 0.370 e. The number of nitrogens with one attached hydrogen (secondary N) is 1. The van der Waals surface area contributed by atoms with Crippen molar-refractivity contribution in [3.05, 3.63) is 17.7 Å². The van der Waals surface area contributed by atoms with Gasteiger partial charge in [0.15, 0.2) is 0 Å². The van der Waals surface area contributed by atoms with E-state index < -0.39 is 11.7 Å². The normalized spacial score (nSPS) is 17.0. The molecule has 1 N–H and O–H groups in total. The number of anilines is 1. The van der Waals surface area contributed by atoms with Crippen molar-refractivity contribution in [3.8, 4) is 0 Å². The Kier molecular flexibility index (Phi) is 5.79. The van der Waals surface area contributed by atoms with E-state index in [9.17, 15) is 13.2 Å². The van der Waals surface area contributed by atoms with Crippen molar-refractivity contribution in [1.29, 1.82) is 0 Å². The predicted molar refractivity (Wildman–Crippen MR) is 80.7 cm³/mol. The molecule has 118 valence electrons. The van der Waals surface area contributed by atoms with E-state index >= 15 is 0 Å². The minimum atomic E-state index is -4.33. The molecule has 0 bridgehead atoms. The zero-order chi connectivity index (χ0) is 15.3. The van der Waals surface area contributed by atoms with Gasteiger partial charge in [-0.25, -0.2) is 4.98 Å². The van der Waals surface area contributed by atoms with Crippen molar-refractivity contribution < 1.29 is 13.2 Å². The quantitative estimate of drug-likeness (QED) is 0.792. The third kappa shape index (κ3) is 5.09. The number of aromatic nitrogens is 1.